The van der Waals surface area contributed by atoms with Crippen molar-refractivity contribution in [3.05, 3.63) is 11.9 Å². The Kier molecular flexibility index (Phi) is 2.68. The Labute approximate surface area is 87.1 Å². The number of hydrogen-bond acceptors (Lipinski definition) is 4. The molecular weight excluding hydrogens is 196 g/mol. The van der Waals surface area contributed by atoms with Crippen LogP contribution in [0.5, 0.6) is 0 Å². The Morgan fingerprint density at radius 1 is 1.53 bits per heavy atom. The number of hydrogen-bond donors (Lipinski definition) is 2. The van der Waals surface area contributed by atoms with Crippen molar-refractivity contribution in [3.8, 4) is 0 Å². The summed E-state index contributed by atoms with van der Waals surface area (Å²) in [7, 11) is 0. The van der Waals surface area contributed by atoms with Gasteiger partial charge in [0.2, 0.25) is 0 Å². The summed E-state index contributed by atoms with van der Waals surface area (Å²) in [6, 6.07) is 0.154. The molecule has 0 amide bonds. The minimum Gasteiger partial charge on any atom is -0.476 e. The average molecular weight is 210 g/mol. The van der Waals surface area contributed by atoms with E-state index in [-0.39, 0.29) is 17.8 Å². The first-order valence-corrected chi connectivity index (χ1v) is 5.09. The van der Waals surface area contributed by atoms with Crippen molar-refractivity contribution in [2.75, 3.05) is 0 Å². The van der Waals surface area contributed by atoms with Crippen LogP contribution in [0.15, 0.2) is 6.20 Å². The van der Waals surface area contributed by atoms with E-state index < -0.39 is 5.97 Å². The van der Waals surface area contributed by atoms with Gasteiger partial charge >= 0.3 is 5.97 Å². The summed E-state index contributed by atoms with van der Waals surface area (Å²) in [5.41, 5.74) is 5.94. The van der Waals surface area contributed by atoms with Gasteiger partial charge in [0.05, 0.1) is 12.2 Å². The van der Waals surface area contributed by atoms with Crippen molar-refractivity contribution in [3.63, 3.8) is 0 Å². The minimum atomic E-state index is -1.05. The molecule has 1 heterocycles. The fraction of sp³-hybridized carbons (Fsp3) is 0.667. The summed E-state index contributed by atoms with van der Waals surface area (Å²) in [5.74, 6) is -1.05. The van der Waals surface area contributed by atoms with Crippen LogP contribution in [-0.4, -0.2) is 32.1 Å². The Morgan fingerprint density at radius 3 is 2.87 bits per heavy atom. The molecule has 0 unspecified atom stereocenters. The van der Waals surface area contributed by atoms with E-state index in [0.717, 1.165) is 25.7 Å². The molecule has 82 valence electrons. The van der Waals surface area contributed by atoms with E-state index in [9.17, 15) is 4.79 Å². The van der Waals surface area contributed by atoms with E-state index in [1.165, 1.54) is 6.20 Å². The highest BCUT2D eigenvalue weighted by atomic mass is 16.4. The molecule has 2 atom stereocenters. The summed E-state index contributed by atoms with van der Waals surface area (Å²) >= 11 is 0. The fourth-order valence-electron chi connectivity index (χ4n) is 2.01. The second kappa shape index (κ2) is 3.98. The topological polar surface area (TPSA) is 94.0 Å². The molecule has 1 fully saturated rings. The maximum absolute atomic E-state index is 10.6. The molecule has 15 heavy (non-hydrogen) atoms. The zero-order valence-electron chi connectivity index (χ0n) is 8.33. The van der Waals surface area contributed by atoms with Crippen molar-refractivity contribution < 1.29 is 9.90 Å². The van der Waals surface area contributed by atoms with Gasteiger partial charge in [-0.15, -0.1) is 5.10 Å². The van der Waals surface area contributed by atoms with Gasteiger partial charge < -0.3 is 10.8 Å². The van der Waals surface area contributed by atoms with Gasteiger partial charge in [-0.05, 0) is 12.8 Å². The van der Waals surface area contributed by atoms with Crippen LogP contribution in [0.2, 0.25) is 0 Å². The van der Waals surface area contributed by atoms with Crippen LogP contribution in [0.3, 0.4) is 0 Å². The molecule has 1 aliphatic carbocycles. The predicted octanol–water partition coefficient (Wildman–Crippen LogP) is 0.419. The number of nitrogens with zero attached hydrogens (tertiary/aromatic N) is 3. The molecule has 1 saturated carbocycles. The number of aromatic nitrogens is 3. The lowest BCUT2D eigenvalue weighted by Gasteiger charge is -2.27. The van der Waals surface area contributed by atoms with E-state index >= 15 is 0 Å². The highest BCUT2D eigenvalue weighted by molar-refractivity contribution is 5.84. The third-order valence-corrected chi connectivity index (χ3v) is 2.85. The van der Waals surface area contributed by atoms with E-state index in [1.807, 2.05) is 0 Å². The molecule has 1 aliphatic rings. The molecule has 6 nitrogen and oxygen atoms in total. The predicted molar refractivity (Wildman–Crippen MR) is 52.5 cm³/mol. The molecule has 3 N–H and O–H groups in total. The fourth-order valence-corrected chi connectivity index (χ4v) is 2.01. The zero-order valence-corrected chi connectivity index (χ0v) is 8.33. The van der Waals surface area contributed by atoms with Gasteiger partial charge in [-0.1, -0.05) is 18.1 Å². The molecule has 1 aromatic rings. The SMILES string of the molecule is N[C@@H]1CCCC[C@@H]1n1cc(C(=O)O)nn1. The van der Waals surface area contributed by atoms with Crippen LogP contribution in [0.1, 0.15) is 42.2 Å². The van der Waals surface area contributed by atoms with Gasteiger partial charge in [0, 0.05) is 6.04 Å². The van der Waals surface area contributed by atoms with Gasteiger partial charge in [-0.3, -0.25) is 0 Å². The van der Waals surface area contributed by atoms with Crippen LogP contribution in [0.25, 0.3) is 0 Å². The molecule has 0 saturated heterocycles. The number of carbonyl (C=O) groups is 1. The van der Waals surface area contributed by atoms with Crippen molar-refractivity contribution in [2.45, 2.75) is 37.8 Å². The van der Waals surface area contributed by atoms with Gasteiger partial charge in [0.25, 0.3) is 0 Å². The van der Waals surface area contributed by atoms with Crippen LogP contribution in [0, 0.1) is 0 Å². The number of carboxylic acid groups (broad SMARTS) is 1. The van der Waals surface area contributed by atoms with E-state index in [1.54, 1.807) is 4.68 Å². The third-order valence-electron chi connectivity index (χ3n) is 2.85. The summed E-state index contributed by atoms with van der Waals surface area (Å²) < 4.78 is 1.59. The quantitative estimate of drug-likeness (QED) is 0.737. The Balaban J connectivity index is 2.17. The zero-order chi connectivity index (χ0) is 10.8. The first kappa shape index (κ1) is 10.1. The Hall–Kier alpha value is -1.43. The maximum atomic E-state index is 10.6. The highest BCUT2D eigenvalue weighted by Crippen LogP contribution is 2.26. The summed E-state index contributed by atoms with van der Waals surface area (Å²) in [4.78, 5) is 10.6. The smallest absolute Gasteiger partial charge is 0.358 e. The molecule has 0 aliphatic heterocycles. The van der Waals surface area contributed by atoms with Crippen molar-refractivity contribution in [1.29, 1.82) is 0 Å². The lowest BCUT2D eigenvalue weighted by molar-refractivity contribution is 0.0690. The van der Waals surface area contributed by atoms with Crippen molar-refractivity contribution in [1.82, 2.24) is 15.0 Å². The second-order valence-electron chi connectivity index (χ2n) is 3.90. The standard InChI is InChI=1S/C9H14N4O2/c10-6-3-1-2-4-8(6)13-5-7(9(14)15)11-12-13/h5-6,8H,1-4,10H2,(H,14,15)/t6-,8+/m1/s1. The molecule has 0 bridgehead atoms. The molecule has 6 heteroatoms. The molecule has 0 aromatic carbocycles. The van der Waals surface area contributed by atoms with Gasteiger partial charge in [0.15, 0.2) is 5.69 Å². The monoisotopic (exact) mass is 210 g/mol. The summed E-state index contributed by atoms with van der Waals surface area (Å²) in [5, 5.41) is 16.1. The number of rotatable bonds is 2. The summed E-state index contributed by atoms with van der Waals surface area (Å²) in [6.07, 6.45) is 5.62. The van der Waals surface area contributed by atoms with Gasteiger partial charge in [-0.25, -0.2) is 9.48 Å². The van der Waals surface area contributed by atoms with E-state index in [0.29, 0.717) is 0 Å². The Morgan fingerprint density at radius 2 is 2.27 bits per heavy atom. The number of nitrogens with two attached hydrogens (primary N) is 1. The molecule has 0 spiro atoms. The second-order valence-corrected chi connectivity index (χ2v) is 3.90. The van der Waals surface area contributed by atoms with E-state index in [4.69, 9.17) is 10.8 Å². The van der Waals surface area contributed by atoms with Gasteiger partial charge in [0.1, 0.15) is 0 Å². The van der Waals surface area contributed by atoms with Crippen LogP contribution < -0.4 is 5.73 Å². The van der Waals surface area contributed by atoms with Gasteiger partial charge in [-0.2, -0.15) is 0 Å². The normalized spacial score (nSPS) is 26.5. The number of aromatic carboxylic acids is 1. The van der Waals surface area contributed by atoms with Crippen LogP contribution in [-0.2, 0) is 0 Å². The molecule has 1 aromatic heterocycles. The lowest BCUT2D eigenvalue weighted by Crippen LogP contribution is -2.35. The molecule has 2 rings (SSSR count). The van der Waals surface area contributed by atoms with E-state index in [2.05, 4.69) is 10.3 Å². The minimum absolute atomic E-state index is 0.0206. The molecule has 0 radical (unpaired) electrons. The summed E-state index contributed by atoms with van der Waals surface area (Å²) in [6.45, 7) is 0. The molecular formula is C9H14N4O2. The largest absolute Gasteiger partial charge is 0.476 e. The maximum Gasteiger partial charge on any atom is 0.358 e. The third kappa shape index (κ3) is 1.99. The Bertz CT molecular complexity index is 363. The van der Waals surface area contributed by atoms with Crippen LogP contribution >= 0.6 is 0 Å². The highest BCUT2D eigenvalue weighted by Gasteiger charge is 2.25. The average Bonchev–Trinajstić information content (AvgIpc) is 2.67. The van der Waals surface area contributed by atoms with Crippen LogP contribution in [0.4, 0.5) is 0 Å². The first-order valence-electron chi connectivity index (χ1n) is 5.09. The van der Waals surface area contributed by atoms with Crippen molar-refractivity contribution in [2.24, 2.45) is 5.73 Å². The van der Waals surface area contributed by atoms with Crippen molar-refractivity contribution >= 4 is 5.97 Å². The lowest BCUT2D eigenvalue weighted by atomic mass is 9.91. The number of carboxylic acids is 1. The first-order chi connectivity index (χ1) is 7.18.